The second-order valence-corrected chi connectivity index (χ2v) is 5.51. The molecule has 1 fully saturated rings. The summed E-state index contributed by atoms with van der Waals surface area (Å²) in [5, 5.41) is 0. The summed E-state index contributed by atoms with van der Waals surface area (Å²) in [4.78, 5) is 27.2. The second-order valence-electron chi connectivity index (χ2n) is 5.24. The number of nitrogens with zero attached hydrogens (tertiary/aromatic N) is 2. The maximum absolute atomic E-state index is 12.1. The molecule has 0 N–H and O–H groups in total. The number of benzene rings is 1. The molecule has 0 aromatic heterocycles. The summed E-state index contributed by atoms with van der Waals surface area (Å²) in [6.45, 7) is 3.89. The Morgan fingerprint density at radius 1 is 1.36 bits per heavy atom. The second kappa shape index (κ2) is 8.03. The van der Waals surface area contributed by atoms with E-state index in [2.05, 4.69) is 0 Å². The average Bonchev–Trinajstić information content (AvgIpc) is 3.03. The molecule has 1 atom stereocenters. The van der Waals surface area contributed by atoms with Gasteiger partial charge in [-0.05, 0) is 18.9 Å². The molecule has 0 radical (unpaired) electrons. The Morgan fingerprint density at radius 3 is 2.73 bits per heavy atom. The van der Waals surface area contributed by atoms with Gasteiger partial charge in [0.25, 0.3) is 0 Å². The highest BCUT2D eigenvalue weighted by Crippen LogP contribution is 2.17. The largest absolute Gasteiger partial charge is 0.445 e. The molecule has 6 heteroatoms. The van der Waals surface area contributed by atoms with E-state index in [0.29, 0.717) is 19.6 Å². The van der Waals surface area contributed by atoms with Crippen LogP contribution < -0.4 is 0 Å². The van der Waals surface area contributed by atoms with Gasteiger partial charge >= 0.3 is 6.09 Å². The van der Waals surface area contributed by atoms with Crippen molar-refractivity contribution in [2.45, 2.75) is 26.0 Å². The highest BCUT2D eigenvalue weighted by atomic mass is 35.5. The van der Waals surface area contributed by atoms with Crippen molar-refractivity contribution in [3.05, 3.63) is 35.9 Å². The van der Waals surface area contributed by atoms with Crippen molar-refractivity contribution in [2.75, 3.05) is 25.5 Å². The minimum atomic E-state index is -0.333. The quantitative estimate of drug-likeness (QED) is 0.782. The van der Waals surface area contributed by atoms with Crippen molar-refractivity contribution in [3.8, 4) is 0 Å². The highest BCUT2D eigenvalue weighted by molar-refractivity contribution is 6.27. The summed E-state index contributed by atoms with van der Waals surface area (Å²) >= 11 is 5.62. The van der Waals surface area contributed by atoms with Gasteiger partial charge in [0.1, 0.15) is 12.5 Å². The molecule has 5 nitrogen and oxygen atoms in total. The van der Waals surface area contributed by atoms with Crippen LogP contribution in [0, 0.1) is 0 Å². The maximum atomic E-state index is 12.1. The molecule has 0 spiro atoms. The molecule has 120 valence electrons. The van der Waals surface area contributed by atoms with Crippen molar-refractivity contribution in [1.29, 1.82) is 0 Å². The van der Waals surface area contributed by atoms with E-state index in [-0.39, 0.29) is 30.5 Å². The monoisotopic (exact) mass is 324 g/mol. The lowest BCUT2D eigenvalue weighted by Gasteiger charge is -2.27. The van der Waals surface area contributed by atoms with Crippen LogP contribution in [0.1, 0.15) is 18.9 Å². The van der Waals surface area contributed by atoms with Gasteiger partial charge in [-0.1, -0.05) is 30.3 Å². The number of rotatable bonds is 5. The zero-order chi connectivity index (χ0) is 15.9. The van der Waals surface area contributed by atoms with Crippen molar-refractivity contribution in [3.63, 3.8) is 0 Å². The van der Waals surface area contributed by atoms with Crippen molar-refractivity contribution in [1.82, 2.24) is 9.80 Å². The molecule has 22 heavy (non-hydrogen) atoms. The molecule has 0 unspecified atom stereocenters. The summed E-state index contributed by atoms with van der Waals surface area (Å²) in [6, 6.07) is 9.60. The molecule has 0 bridgehead atoms. The van der Waals surface area contributed by atoms with E-state index in [1.807, 2.05) is 37.3 Å². The number of hydrogen-bond acceptors (Lipinski definition) is 3. The molecule has 2 amide bonds. The van der Waals surface area contributed by atoms with E-state index in [4.69, 9.17) is 16.3 Å². The number of hydrogen-bond donors (Lipinski definition) is 0. The number of carbonyl (C=O) groups is 2. The van der Waals surface area contributed by atoms with Gasteiger partial charge in [0.2, 0.25) is 5.91 Å². The van der Waals surface area contributed by atoms with Crippen LogP contribution in [0.5, 0.6) is 0 Å². The first-order valence-corrected chi connectivity index (χ1v) is 8.00. The lowest BCUT2D eigenvalue weighted by Crippen LogP contribution is -2.43. The first-order valence-electron chi connectivity index (χ1n) is 7.46. The molecule has 0 aliphatic carbocycles. The van der Waals surface area contributed by atoms with Gasteiger partial charge in [-0.2, -0.15) is 0 Å². The van der Waals surface area contributed by atoms with Crippen LogP contribution in [0.25, 0.3) is 0 Å². The van der Waals surface area contributed by atoms with Crippen LogP contribution in [0.3, 0.4) is 0 Å². The van der Waals surface area contributed by atoms with E-state index < -0.39 is 0 Å². The third-order valence-electron chi connectivity index (χ3n) is 3.84. The number of likely N-dealkylation sites (tertiary alicyclic amines) is 1. The van der Waals surface area contributed by atoms with E-state index in [9.17, 15) is 9.59 Å². The van der Waals surface area contributed by atoms with Crippen LogP contribution in [-0.2, 0) is 16.1 Å². The van der Waals surface area contributed by atoms with Crippen LogP contribution in [0.15, 0.2) is 30.3 Å². The zero-order valence-corrected chi connectivity index (χ0v) is 13.5. The lowest BCUT2D eigenvalue weighted by molar-refractivity contribution is -0.130. The Kier molecular flexibility index (Phi) is 6.07. The normalized spacial score (nSPS) is 17.4. The molecule has 1 aromatic rings. The Labute approximate surface area is 135 Å². The molecular formula is C16H21ClN2O3. The van der Waals surface area contributed by atoms with Crippen LogP contribution in [-0.4, -0.2) is 53.4 Å². The van der Waals surface area contributed by atoms with Crippen LogP contribution in [0.4, 0.5) is 4.79 Å². The number of ether oxygens (including phenoxy) is 1. The Bertz CT molecular complexity index is 509. The minimum absolute atomic E-state index is 0.0250. The fourth-order valence-electron chi connectivity index (χ4n) is 2.69. The number of carbonyl (C=O) groups excluding carboxylic acids is 2. The summed E-state index contributed by atoms with van der Waals surface area (Å²) < 4.78 is 5.32. The van der Waals surface area contributed by atoms with Crippen molar-refractivity contribution >= 4 is 23.6 Å². The third kappa shape index (κ3) is 4.13. The van der Waals surface area contributed by atoms with E-state index in [1.54, 1.807) is 9.80 Å². The van der Waals surface area contributed by atoms with Crippen molar-refractivity contribution in [2.24, 2.45) is 0 Å². The maximum Gasteiger partial charge on any atom is 0.410 e. The topological polar surface area (TPSA) is 49.9 Å². The van der Waals surface area contributed by atoms with Gasteiger partial charge < -0.3 is 14.5 Å². The summed E-state index contributed by atoms with van der Waals surface area (Å²) in [7, 11) is 0. The van der Waals surface area contributed by atoms with Gasteiger partial charge in [-0.25, -0.2) is 4.79 Å². The first kappa shape index (κ1) is 16.6. The summed E-state index contributed by atoms with van der Waals surface area (Å²) in [6.07, 6.45) is 0.428. The number of alkyl halides is 1. The number of likely N-dealkylation sites (N-methyl/N-ethyl adjacent to an activating group) is 1. The number of halogens is 1. The zero-order valence-electron chi connectivity index (χ0n) is 12.7. The minimum Gasteiger partial charge on any atom is -0.445 e. The predicted octanol–water partition coefficient (Wildman–Crippen LogP) is 2.48. The molecule has 0 saturated carbocycles. The van der Waals surface area contributed by atoms with Crippen LogP contribution >= 0.6 is 11.6 Å². The molecule has 1 saturated heterocycles. The third-order valence-corrected chi connectivity index (χ3v) is 4.07. The fourth-order valence-corrected chi connectivity index (χ4v) is 2.84. The van der Waals surface area contributed by atoms with Crippen molar-refractivity contribution < 1.29 is 14.3 Å². The molecule has 2 rings (SSSR count). The highest BCUT2D eigenvalue weighted by Gasteiger charge is 2.32. The fraction of sp³-hybridized carbons (Fsp3) is 0.500. The Morgan fingerprint density at radius 2 is 2.09 bits per heavy atom. The smallest absolute Gasteiger partial charge is 0.410 e. The molecule has 1 aliphatic rings. The summed E-state index contributed by atoms with van der Waals surface area (Å²) in [5.74, 6) is -0.114. The first-order chi connectivity index (χ1) is 10.7. The Hall–Kier alpha value is -1.75. The lowest BCUT2D eigenvalue weighted by atomic mass is 10.2. The van der Waals surface area contributed by atoms with E-state index >= 15 is 0 Å². The van der Waals surface area contributed by atoms with Gasteiger partial charge in [0, 0.05) is 19.6 Å². The van der Waals surface area contributed by atoms with Gasteiger partial charge in [0.05, 0.1) is 6.04 Å². The van der Waals surface area contributed by atoms with E-state index in [1.165, 1.54) is 0 Å². The SMILES string of the molecule is CCN(C(=O)CCl)[C@@H]1CCN(C(=O)OCc2ccccc2)C1. The molecule has 1 aromatic carbocycles. The van der Waals surface area contributed by atoms with E-state index in [0.717, 1.165) is 12.0 Å². The van der Waals surface area contributed by atoms with Crippen LogP contribution in [0.2, 0.25) is 0 Å². The van der Waals surface area contributed by atoms with Gasteiger partial charge in [0.15, 0.2) is 0 Å². The number of amides is 2. The standard InChI is InChI=1S/C16H21ClN2O3/c1-2-19(15(20)10-17)14-8-9-18(11-14)16(21)22-12-13-6-4-3-5-7-13/h3-7,14H,2,8-12H2,1H3/t14-/m1/s1. The summed E-state index contributed by atoms with van der Waals surface area (Å²) in [5.41, 5.74) is 0.957. The van der Waals surface area contributed by atoms with Gasteiger partial charge in [-0.15, -0.1) is 11.6 Å². The Balaban J connectivity index is 1.84. The predicted molar refractivity (Wildman–Crippen MR) is 84.7 cm³/mol. The van der Waals surface area contributed by atoms with Gasteiger partial charge in [-0.3, -0.25) is 4.79 Å². The molecule has 1 heterocycles. The molecule has 1 aliphatic heterocycles. The average molecular weight is 325 g/mol. The molecular weight excluding hydrogens is 304 g/mol.